The largest absolute Gasteiger partial charge is 0.372 e. The second-order valence-electron chi connectivity index (χ2n) is 3.48. The molecule has 0 radical (unpaired) electrons. The minimum atomic E-state index is 0.405. The average Bonchev–Trinajstić information content (AvgIpc) is 2.61. The minimum Gasteiger partial charge on any atom is -0.372 e. The van der Waals surface area contributed by atoms with Crippen LogP contribution in [0.2, 0.25) is 0 Å². The number of nitrogens with zero attached hydrogens (tertiary/aromatic N) is 1. The first kappa shape index (κ1) is 6.70. The van der Waals surface area contributed by atoms with Gasteiger partial charge in [-0.05, 0) is 12.8 Å². The second kappa shape index (κ2) is 2.00. The Morgan fingerprint density at radius 2 is 2.36 bits per heavy atom. The average molecular weight is 151 g/mol. The summed E-state index contributed by atoms with van der Waals surface area (Å²) in [5.74, 6) is 0.938. The SMILES string of the molecule is CNc1cc(C2(C)CC2)[nH]n1. The molecule has 3 nitrogen and oxygen atoms in total. The van der Waals surface area contributed by atoms with Crippen molar-refractivity contribution >= 4 is 5.82 Å². The molecule has 1 aliphatic carbocycles. The van der Waals surface area contributed by atoms with Gasteiger partial charge in [0.2, 0.25) is 0 Å². The van der Waals surface area contributed by atoms with Crippen molar-refractivity contribution in [2.45, 2.75) is 25.2 Å². The van der Waals surface area contributed by atoms with Crippen LogP contribution in [0.15, 0.2) is 6.07 Å². The highest BCUT2D eigenvalue weighted by Crippen LogP contribution is 2.46. The molecule has 60 valence electrons. The second-order valence-corrected chi connectivity index (χ2v) is 3.48. The molecule has 0 aliphatic heterocycles. The third-order valence-electron chi connectivity index (χ3n) is 2.48. The molecule has 0 atom stereocenters. The highest BCUT2D eigenvalue weighted by Gasteiger charge is 2.40. The van der Waals surface area contributed by atoms with Crippen LogP contribution < -0.4 is 5.32 Å². The van der Waals surface area contributed by atoms with Gasteiger partial charge in [0.15, 0.2) is 0 Å². The smallest absolute Gasteiger partial charge is 0.147 e. The van der Waals surface area contributed by atoms with Crippen LogP contribution in [-0.4, -0.2) is 17.2 Å². The third-order valence-corrected chi connectivity index (χ3v) is 2.48. The molecule has 0 unspecified atom stereocenters. The molecule has 1 saturated carbocycles. The van der Waals surface area contributed by atoms with Gasteiger partial charge >= 0.3 is 0 Å². The Kier molecular flexibility index (Phi) is 1.22. The Hall–Kier alpha value is -0.990. The van der Waals surface area contributed by atoms with E-state index < -0.39 is 0 Å². The normalized spacial score (nSPS) is 19.8. The number of H-pyrrole nitrogens is 1. The van der Waals surface area contributed by atoms with E-state index in [9.17, 15) is 0 Å². The summed E-state index contributed by atoms with van der Waals surface area (Å²) in [6.45, 7) is 2.26. The van der Waals surface area contributed by atoms with E-state index in [1.165, 1.54) is 18.5 Å². The molecular weight excluding hydrogens is 138 g/mol. The van der Waals surface area contributed by atoms with E-state index in [0.717, 1.165) is 5.82 Å². The first-order valence-electron chi connectivity index (χ1n) is 3.98. The predicted molar refractivity (Wildman–Crippen MR) is 44.7 cm³/mol. The summed E-state index contributed by atoms with van der Waals surface area (Å²) >= 11 is 0. The molecule has 0 aromatic carbocycles. The molecule has 2 N–H and O–H groups in total. The zero-order chi connectivity index (χ0) is 7.90. The van der Waals surface area contributed by atoms with Crippen molar-refractivity contribution in [3.05, 3.63) is 11.8 Å². The van der Waals surface area contributed by atoms with Crippen molar-refractivity contribution in [3.63, 3.8) is 0 Å². The van der Waals surface area contributed by atoms with E-state index in [0.29, 0.717) is 5.41 Å². The topological polar surface area (TPSA) is 40.7 Å². The third kappa shape index (κ3) is 1.00. The molecule has 2 rings (SSSR count). The minimum absolute atomic E-state index is 0.405. The maximum absolute atomic E-state index is 4.11. The standard InChI is InChI=1S/C8H13N3/c1-8(3-4-8)6-5-7(9-2)11-10-6/h5H,3-4H2,1-2H3,(H2,9,10,11). The van der Waals surface area contributed by atoms with Crippen LogP contribution in [0.5, 0.6) is 0 Å². The van der Waals surface area contributed by atoms with Crippen molar-refractivity contribution in [1.29, 1.82) is 0 Å². The van der Waals surface area contributed by atoms with Crippen LogP contribution in [-0.2, 0) is 5.41 Å². The fraction of sp³-hybridized carbons (Fsp3) is 0.625. The fourth-order valence-corrected chi connectivity index (χ4v) is 1.22. The maximum Gasteiger partial charge on any atom is 0.147 e. The van der Waals surface area contributed by atoms with Crippen LogP contribution in [0.1, 0.15) is 25.5 Å². The molecule has 1 aromatic rings. The Bertz CT molecular complexity index is 260. The van der Waals surface area contributed by atoms with Crippen LogP contribution in [0, 0.1) is 0 Å². The van der Waals surface area contributed by atoms with E-state index in [4.69, 9.17) is 0 Å². The van der Waals surface area contributed by atoms with Gasteiger partial charge in [0.1, 0.15) is 5.82 Å². The Labute approximate surface area is 66.2 Å². The van der Waals surface area contributed by atoms with Crippen molar-refractivity contribution in [2.75, 3.05) is 12.4 Å². The molecule has 3 heteroatoms. The number of aromatic amines is 1. The van der Waals surface area contributed by atoms with Gasteiger partial charge < -0.3 is 5.32 Å². The van der Waals surface area contributed by atoms with Gasteiger partial charge in [-0.1, -0.05) is 6.92 Å². The summed E-state index contributed by atoms with van der Waals surface area (Å²) in [6.07, 6.45) is 2.58. The monoisotopic (exact) mass is 151 g/mol. The van der Waals surface area contributed by atoms with Gasteiger partial charge in [-0.25, -0.2) is 0 Å². The van der Waals surface area contributed by atoms with Gasteiger partial charge in [-0.15, -0.1) is 0 Å². The highest BCUT2D eigenvalue weighted by molar-refractivity contribution is 5.38. The lowest BCUT2D eigenvalue weighted by atomic mass is 10.1. The number of hydrogen-bond donors (Lipinski definition) is 2. The van der Waals surface area contributed by atoms with E-state index >= 15 is 0 Å². The summed E-state index contributed by atoms with van der Waals surface area (Å²) in [6, 6.07) is 2.09. The Morgan fingerprint density at radius 3 is 2.82 bits per heavy atom. The molecule has 0 spiro atoms. The number of aromatic nitrogens is 2. The molecule has 1 heterocycles. The first-order chi connectivity index (χ1) is 5.24. The number of nitrogens with one attached hydrogen (secondary N) is 2. The van der Waals surface area contributed by atoms with Crippen molar-refractivity contribution < 1.29 is 0 Å². The summed E-state index contributed by atoms with van der Waals surface area (Å²) < 4.78 is 0. The van der Waals surface area contributed by atoms with Crippen LogP contribution >= 0.6 is 0 Å². The van der Waals surface area contributed by atoms with Crippen LogP contribution in [0.3, 0.4) is 0 Å². The summed E-state index contributed by atoms with van der Waals surface area (Å²) in [4.78, 5) is 0. The molecular formula is C8H13N3. The lowest BCUT2D eigenvalue weighted by Crippen LogP contribution is -1.99. The van der Waals surface area contributed by atoms with E-state index in [2.05, 4.69) is 28.5 Å². The van der Waals surface area contributed by atoms with Gasteiger partial charge in [0, 0.05) is 24.2 Å². The number of anilines is 1. The molecule has 11 heavy (non-hydrogen) atoms. The zero-order valence-corrected chi connectivity index (χ0v) is 6.94. The van der Waals surface area contributed by atoms with Gasteiger partial charge in [0.25, 0.3) is 0 Å². The van der Waals surface area contributed by atoms with Crippen LogP contribution in [0.25, 0.3) is 0 Å². The van der Waals surface area contributed by atoms with E-state index in [1.807, 2.05) is 7.05 Å². The highest BCUT2D eigenvalue weighted by atomic mass is 15.2. The quantitative estimate of drug-likeness (QED) is 0.672. The molecule has 1 aromatic heterocycles. The molecule has 0 bridgehead atoms. The molecule has 1 aliphatic rings. The van der Waals surface area contributed by atoms with Crippen molar-refractivity contribution in [2.24, 2.45) is 0 Å². The molecule has 1 fully saturated rings. The first-order valence-corrected chi connectivity index (χ1v) is 3.98. The summed E-state index contributed by atoms with van der Waals surface area (Å²) in [5.41, 5.74) is 1.67. The number of hydrogen-bond acceptors (Lipinski definition) is 2. The Balaban J connectivity index is 2.25. The van der Waals surface area contributed by atoms with Gasteiger partial charge in [0.05, 0.1) is 0 Å². The predicted octanol–water partition coefficient (Wildman–Crippen LogP) is 1.50. The fourth-order valence-electron chi connectivity index (χ4n) is 1.22. The Morgan fingerprint density at radius 1 is 1.64 bits per heavy atom. The van der Waals surface area contributed by atoms with Crippen molar-refractivity contribution in [3.8, 4) is 0 Å². The lowest BCUT2D eigenvalue weighted by molar-refractivity contribution is 0.742. The lowest BCUT2D eigenvalue weighted by Gasteiger charge is -2.01. The maximum atomic E-state index is 4.11. The summed E-state index contributed by atoms with van der Waals surface area (Å²) in [7, 11) is 1.88. The van der Waals surface area contributed by atoms with Gasteiger partial charge in [-0.3, -0.25) is 5.10 Å². The van der Waals surface area contributed by atoms with E-state index in [1.54, 1.807) is 0 Å². The molecule has 0 saturated heterocycles. The van der Waals surface area contributed by atoms with Gasteiger partial charge in [-0.2, -0.15) is 5.10 Å². The summed E-state index contributed by atoms with van der Waals surface area (Å²) in [5, 5.41) is 10.2. The van der Waals surface area contributed by atoms with E-state index in [-0.39, 0.29) is 0 Å². The van der Waals surface area contributed by atoms with Crippen LogP contribution in [0.4, 0.5) is 5.82 Å². The molecule has 0 amide bonds. The number of rotatable bonds is 2. The van der Waals surface area contributed by atoms with Crippen molar-refractivity contribution in [1.82, 2.24) is 10.2 Å². The zero-order valence-electron chi connectivity index (χ0n) is 6.94.